The molecule has 1 saturated carbocycles. The lowest BCUT2D eigenvalue weighted by atomic mass is 10.3. The maximum Gasteiger partial charge on any atom is 0.00127 e. The first-order valence-electron chi connectivity index (χ1n) is 5.18. The van der Waals surface area contributed by atoms with Crippen LogP contribution in [0.5, 0.6) is 0 Å². The zero-order chi connectivity index (χ0) is 8.97. The Morgan fingerprint density at radius 3 is 2.42 bits per heavy atom. The first-order valence-corrected chi connectivity index (χ1v) is 5.18. The molecule has 0 heterocycles. The van der Waals surface area contributed by atoms with Crippen LogP contribution in [0.15, 0.2) is 0 Å². The summed E-state index contributed by atoms with van der Waals surface area (Å²) in [5.41, 5.74) is 0. The Balaban J connectivity index is 2.09. The fraction of sp³-hybridized carbons (Fsp3) is 1.00. The topological polar surface area (TPSA) is 15.3 Å². The maximum absolute atomic E-state index is 3.25. The highest BCUT2D eigenvalue weighted by atomic mass is 15.1. The summed E-state index contributed by atoms with van der Waals surface area (Å²) in [5, 5.41) is 3.25. The van der Waals surface area contributed by atoms with Gasteiger partial charge in [0.2, 0.25) is 0 Å². The molecule has 2 atom stereocenters. The molecule has 0 unspecified atom stereocenters. The number of nitrogens with one attached hydrogen (secondary N) is 1. The molecule has 0 aromatic rings. The Labute approximate surface area is 76.3 Å². The Bertz CT molecular complexity index is 121. The molecule has 0 amide bonds. The van der Waals surface area contributed by atoms with E-state index in [0.29, 0.717) is 0 Å². The smallest absolute Gasteiger partial charge is 0.00127 e. The second kappa shape index (κ2) is 4.83. The molecule has 1 N–H and O–H groups in total. The van der Waals surface area contributed by atoms with Crippen LogP contribution in [-0.4, -0.2) is 38.1 Å². The SMILES string of the molecule is CCN(CC)C[C@H]1C[C@@H]1CNC. The van der Waals surface area contributed by atoms with Gasteiger partial charge in [-0.15, -0.1) is 0 Å². The molecule has 2 heteroatoms. The van der Waals surface area contributed by atoms with Gasteiger partial charge in [0.25, 0.3) is 0 Å². The molecule has 1 aliphatic carbocycles. The van der Waals surface area contributed by atoms with Crippen molar-refractivity contribution in [1.29, 1.82) is 0 Å². The van der Waals surface area contributed by atoms with Crippen LogP contribution in [-0.2, 0) is 0 Å². The Morgan fingerprint density at radius 1 is 1.25 bits per heavy atom. The number of hydrogen-bond donors (Lipinski definition) is 1. The van der Waals surface area contributed by atoms with E-state index in [0.717, 1.165) is 11.8 Å². The minimum absolute atomic E-state index is 0.968. The zero-order valence-corrected chi connectivity index (χ0v) is 8.64. The van der Waals surface area contributed by atoms with Gasteiger partial charge in [-0.25, -0.2) is 0 Å². The van der Waals surface area contributed by atoms with E-state index in [1.54, 1.807) is 0 Å². The summed E-state index contributed by atoms with van der Waals surface area (Å²) in [7, 11) is 2.05. The van der Waals surface area contributed by atoms with Gasteiger partial charge in [0.15, 0.2) is 0 Å². The first-order chi connectivity index (χ1) is 5.81. The Morgan fingerprint density at radius 2 is 1.92 bits per heavy atom. The molecule has 0 aromatic carbocycles. The molecule has 0 spiro atoms. The minimum atomic E-state index is 0.968. The average Bonchev–Trinajstić information content (AvgIpc) is 2.80. The van der Waals surface area contributed by atoms with Gasteiger partial charge in [0.05, 0.1) is 0 Å². The average molecular weight is 170 g/mol. The van der Waals surface area contributed by atoms with Gasteiger partial charge in [0, 0.05) is 6.54 Å². The Kier molecular flexibility index (Phi) is 4.02. The van der Waals surface area contributed by atoms with Crippen molar-refractivity contribution in [2.45, 2.75) is 20.3 Å². The predicted octanol–water partition coefficient (Wildman–Crippen LogP) is 1.18. The zero-order valence-electron chi connectivity index (χ0n) is 8.64. The van der Waals surface area contributed by atoms with Crippen molar-refractivity contribution in [3.8, 4) is 0 Å². The summed E-state index contributed by atoms with van der Waals surface area (Å²) < 4.78 is 0. The summed E-state index contributed by atoms with van der Waals surface area (Å²) in [5.74, 6) is 1.95. The quantitative estimate of drug-likeness (QED) is 0.644. The highest BCUT2D eigenvalue weighted by molar-refractivity contribution is 4.89. The number of nitrogens with zero attached hydrogens (tertiary/aromatic N) is 1. The molecular weight excluding hydrogens is 148 g/mol. The van der Waals surface area contributed by atoms with Crippen LogP contribution in [0.1, 0.15) is 20.3 Å². The monoisotopic (exact) mass is 170 g/mol. The van der Waals surface area contributed by atoms with Crippen LogP contribution < -0.4 is 5.32 Å². The van der Waals surface area contributed by atoms with E-state index >= 15 is 0 Å². The van der Waals surface area contributed by atoms with E-state index in [4.69, 9.17) is 0 Å². The van der Waals surface area contributed by atoms with E-state index < -0.39 is 0 Å². The van der Waals surface area contributed by atoms with Crippen molar-refractivity contribution >= 4 is 0 Å². The van der Waals surface area contributed by atoms with Gasteiger partial charge in [-0.1, -0.05) is 13.8 Å². The van der Waals surface area contributed by atoms with Crippen molar-refractivity contribution in [2.75, 3.05) is 33.2 Å². The van der Waals surface area contributed by atoms with Crippen LogP contribution >= 0.6 is 0 Å². The van der Waals surface area contributed by atoms with Crippen LogP contribution in [0.2, 0.25) is 0 Å². The van der Waals surface area contributed by atoms with Crippen LogP contribution in [0.25, 0.3) is 0 Å². The molecular formula is C10H22N2. The Hall–Kier alpha value is -0.0800. The highest BCUT2D eigenvalue weighted by Gasteiger charge is 2.36. The van der Waals surface area contributed by atoms with Crippen molar-refractivity contribution in [2.24, 2.45) is 11.8 Å². The lowest BCUT2D eigenvalue weighted by molar-refractivity contribution is 0.285. The maximum atomic E-state index is 3.25. The van der Waals surface area contributed by atoms with Crippen molar-refractivity contribution in [3.05, 3.63) is 0 Å². The minimum Gasteiger partial charge on any atom is -0.319 e. The summed E-state index contributed by atoms with van der Waals surface area (Å²) in [6.07, 6.45) is 1.44. The van der Waals surface area contributed by atoms with Crippen molar-refractivity contribution < 1.29 is 0 Å². The highest BCUT2D eigenvalue weighted by Crippen LogP contribution is 2.38. The molecule has 72 valence electrons. The van der Waals surface area contributed by atoms with Crippen LogP contribution in [0.3, 0.4) is 0 Å². The third kappa shape index (κ3) is 2.76. The van der Waals surface area contributed by atoms with Gasteiger partial charge in [0.1, 0.15) is 0 Å². The normalized spacial score (nSPS) is 28.0. The van der Waals surface area contributed by atoms with Gasteiger partial charge in [-0.05, 0) is 44.9 Å². The third-order valence-corrected chi connectivity index (χ3v) is 2.92. The summed E-state index contributed by atoms with van der Waals surface area (Å²) >= 11 is 0. The van der Waals surface area contributed by atoms with Gasteiger partial charge < -0.3 is 10.2 Å². The molecule has 0 radical (unpaired) electrons. The molecule has 0 bridgehead atoms. The molecule has 1 aliphatic rings. The number of hydrogen-bond acceptors (Lipinski definition) is 2. The number of rotatable bonds is 6. The van der Waals surface area contributed by atoms with E-state index in [-0.39, 0.29) is 0 Å². The molecule has 2 nitrogen and oxygen atoms in total. The van der Waals surface area contributed by atoms with Gasteiger partial charge in [-0.2, -0.15) is 0 Å². The summed E-state index contributed by atoms with van der Waals surface area (Å²) in [6.45, 7) is 9.45. The summed E-state index contributed by atoms with van der Waals surface area (Å²) in [4.78, 5) is 2.53. The van der Waals surface area contributed by atoms with E-state index in [9.17, 15) is 0 Å². The van der Waals surface area contributed by atoms with E-state index in [1.807, 2.05) is 7.05 Å². The largest absolute Gasteiger partial charge is 0.319 e. The fourth-order valence-corrected chi connectivity index (χ4v) is 1.86. The van der Waals surface area contributed by atoms with Gasteiger partial charge >= 0.3 is 0 Å². The van der Waals surface area contributed by atoms with Gasteiger partial charge in [-0.3, -0.25) is 0 Å². The second-order valence-electron chi connectivity index (χ2n) is 3.80. The standard InChI is InChI=1S/C10H22N2/c1-4-12(5-2)8-10-6-9(10)7-11-3/h9-11H,4-8H2,1-3H3/t9-,10-/m1/s1. The van der Waals surface area contributed by atoms with Crippen LogP contribution in [0, 0.1) is 11.8 Å². The predicted molar refractivity (Wildman–Crippen MR) is 53.3 cm³/mol. The van der Waals surface area contributed by atoms with Crippen LogP contribution in [0.4, 0.5) is 0 Å². The molecule has 12 heavy (non-hydrogen) atoms. The van der Waals surface area contributed by atoms with Crippen molar-refractivity contribution in [1.82, 2.24) is 10.2 Å². The lowest BCUT2D eigenvalue weighted by Crippen LogP contribution is -2.26. The molecule has 0 saturated heterocycles. The lowest BCUT2D eigenvalue weighted by Gasteiger charge is -2.17. The van der Waals surface area contributed by atoms with E-state index in [2.05, 4.69) is 24.1 Å². The molecule has 1 rings (SSSR count). The molecule has 0 aromatic heterocycles. The molecule has 1 fully saturated rings. The second-order valence-corrected chi connectivity index (χ2v) is 3.80. The molecule has 0 aliphatic heterocycles. The van der Waals surface area contributed by atoms with E-state index in [1.165, 1.54) is 32.6 Å². The third-order valence-electron chi connectivity index (χ3n) is 2.92. The van der Waals surface area contributed by atoms with Crippen molar-refractivity contribution in [3.63, 3.8) is 0 Å². The fourth-order valence-electron chi connectivity index (χ4n) is 1.86. The summed E-state index contributed by atoms with van der Waals surface area (Å²) in [6, 6.07) is 0. The first kappa shape index (κ1) is 10.0.